The van der Waals surface area contributed by atoms with E-state index in [0.717, 1.165) is 19.5 Å². The van der Waals surface area contributed by atoms with E-state index < -0.39 is 0 Å². The minimum atomic E-state index is -0.188. The molecule has 2 unspecified atom stereocenters. The third-order valence-corrected chi connectivity index (χ3v) is 2.88. The van der Waals surface area contributed by atoms with Crippen LogP contribution in [0.4, 0.5) is 0 Å². The molecule has 0 aliphatic carbocycles. The largest absolute Gasteiger partial charge is 0.465 e. The van der Waals surface area contributed by atoms with Crippen molar-refractivity contribution in [2.75, 3.05) is 33.8 Å². The van der Waals surface area contributed by atoms with E-state index in [9.17, 15) is 4.79 Å². The van der Waals surface area contributed by atoms with E-state index in [4.69, 9.17) is 4.74 Å². The molecular formula is C14H30N2O2. The normalized spacial score (nSPS) is 14.9. The van der Waals surface area contributed by atoms with Gasteiger partial charge in [-0.1, -0.05) is 20.8 Å². The SMILES string of the molecule is CCOC(=O)C(NCCN(C)C)C(C)CC(C)C. The fourth-order valence-corrected chi connectivity index (χ4v) is 2.07. The van der Waals surface area contributed by atoms with Gasteiger partial charge in [-0.3, -0.25) is 4.79 Å². The molecule has 0 heterocycles. The van der Waals surface area contributed by atoms with Crippen molar-refractivity contribution in [1.82, 2.24) is 10.2 Å². The van der Waals surface area contributed by atoms with Gasteiger partial charge in [-0.25, -0.2) is 0 Å². The average Bonchev–Trinajstić information content (AvgIpc) is 2.22. The van der Waals surface area contributed by atoms with Crippen molar-refractivity contribution in [2.45, 2.75) is 40.2 Å². The lowest BCUT2D eigenvalue weighted by molar-refractivity contribution is -0.147. The number of hydrogen-bond donors (Lipinski definition) is 1. The van der Waals surface area contributed by atoms with Crippen LogP contribution in [0.2, 0.25) is 0 Å². The van der Waals surface area contributed by atoms with Crippen LogP contribution in [0.3, 0.4) is 0 Å². The van der Waals surface area contributed by atoms with E-state index in [1.54, 1.807) is 0 Å². The molecule has 0 aromatic heterocycles. The van der Waals surface area contributed by atoms with Crippen molar-refractivity contribution in [2.24, 2.45) is 11.8 Å². The maximum absolute atomic E-state index is 11.9. The number of likely N-dealkylation sites (N-methyl/N-ethyl adjacent to an activating group) is 1. The molecule has 18 heavy (non-hydrogen) atoms. The lowest BCUT2D eigenvalue weighted by Crippen LogP contribution is -2.45. The Labute approximate surface area is 112 Å². The van der Waals surface area contributed by atoms with Crippen molar-refractivity contribution in [1.29, 1.82) is 0 Å². The number of nitrogens with zero attached hydrogens (tertiary/aromatic N) is 1. The van der Waals surface area contributed by atoms with Gasteiger partial charge in [0.1, 0.15) is 6.04 Å². The third kappa shape index (κ3) is 7.67. The molecule has 0 rings (SSSR count). The first kappa shape index (κ1) is 17.4. The Kier molecular flexibility index (Phi) is 9.02. The lowest BCUT2D eigenvalue weighted by atomic mass is 9.92. The van der Waals surface area contributed by atoms with Gasteiger partial charge in [0, 0.05) is 13.1 Å². The molecule has 1 N–H and O–H groups in total. The smallest absolute Gasteiger partial charge is 0.323 e. The standard InChI is InChI=1S/C14H30N2O2/c1-7-18-14(17)13(12(4)10-11(2)3)15-8-9-16(5)6/h11-13,15H,7-10H2,1-6H3. The van der Waals surface area contributed by atoms with Gasteiger partial charge in [0.2, 0.25) is 0 Å². The molecule has 4 heteroatoms. The highest BCUT2D eigenvalue weighted by molar-refractivity contribution is 5.76. The molecule has 2 atom stereocenters. The van der Waals surface area contributed by atoms with Crippen molar-refractivity contribution < 1.29 is 9.53 Å². The van der Waals surface area contributed by atoms with Gasteiger partial charge in [-0.05, 0) is 39.3 Å². The zero-order valence-electron chi connectivity index (χ0n) is 12.8. The monoisotopic (exact) mass is 258 g/mol. The van der Waals surface area contributed by atoms with Gasteiger partial charge in [0.15, 0.2) is 0 Å². The zero-order valence-corrected chi connectivity index (χ0v) is 12.8. The van der Waals surface area contributed by atoms with Crippen LogP contribution >= 0.6 is 0 Å². The second-order valence-electron chi connectivity index (χ2n) is 5.59. The number of rotatable bonds is 9. The van der Waals surface area contributed by atoms with E-state index in [1.807, 2.05) is 21.0 Å². The number of nitrogens with one attached hydrogen (secondary N) is 1. The second-order valence-corrected chi connectivity index (χ2v) is 5.59. The van der Waals surface area contributed by atoms with Crippen LogP contribution in [-0.4, -0.2) is 50.7 Å². The summed E-state index contributed by atoms with van der Waals surface area (Å²) in [6, 6.07) is -0.188. The van der Waals surface area contributed by atoms with Gasteiger partial charge in [0.25, 0.3) is 0 Å². The Morgan fingerprint density at radius 2 is 1.89 bits per heavy atom. The van der Waals surface area contributed by atoms with Crippen LogP contribution in [0.5, 0.6) is 0 Å². The van der Waals surface area contributed by atoms with E-state index in [1.165, 1.54) is 0 Å². The maximum Gasteiger partial charge on any atom is 0.323 e. The number of ether oxygens (including phenoxy) is 1. The molecule has 0 aliphatic rings. The molecule has 0 amide bonds. The van der Waals surface area contributed by atoms with E-state index in [0.29, 0.717) is 18.4 Å². The van der Waals surface area contributed by atoms with Crippen LogP contribution in [0, 0.1) is 11.8 Å². The number of carbonyl (C=O) groups is 1. The second kappa shape index (κ2) is 9.34. The summed E-state index contributed by atoms with van der Waals surface area (Å²) in [4.78, 5) is 14.0. The highest BCUT2D eigenvalue weighted by Crippen LogP contribution is 2.16. The summed E-state index contributed by atoms with van der Waals surface area (Å²) in [7, 11) is 4.05. The predicted octanol–water partition coefficient (Wildman–Crippen LogP) is 1.75. The molecule has 0 aromatic rings. The van der Waals surface area contributed by atoms with Gasteiger partial charge in [-0.2, -0.15) is 0 Å². The molecule has 0 aromatic carbocycles. The summed E-state index contributed by atoms with van der Waals surface area (Å²) >= 11 is 0. The highest BCUT2D eigenvalue weighted by atomic mass is 16.5. The van der Waals surface area contributed by atoms with Crippen LogP contribution in [-0.2, 0) is 9.53 Å². The van der Waals surface area contributed by atoms with E-state index in [-0.39, 0.29) is 12.0 Å². The lowest BCUT2D eigenvalue weighted by Gasteiger charge is -2.25. The Morgan fingerprint density at radius 1 is 1.28 bits per heavy atom. The zero-order chi connectivity index (χ0) is 14.1. The van der Waals surface area contributed by atoms with Crippen molar-refractivity contribution in [3.8, 4) is 0 Å². The quantitative estimate of drug-likeness (QED) is 0.640. The van der Waals surface area contributed by atoms with Gasteiger partial charge < -0.3 is 15.0 Å². The topological polar surface area (TPSA) is 41.6 Å². The fourth-order valence-electron chi connectivity index (χ4n) is 2.07. The molecule has 0 aliphatic heterocycles. The molecule has 0 saturated heterocycles. The molecule has 0 fully saturated rings. The van der Waals surface area contributed by atoms with Gasteiger partial charge >= 0.3 is 5.97 Å². The van der Waals surface area contributed by atoms with Gasteiger partial charge in [0.05, 0.1) is 6.61 Å². The Bertz CT molecular complexity index is 230. The molecule has 4 nitrogen and oxygen atoms in total. The van der Waals surface area contributed by atoms with Crippen LogP contribution in [0.15, 0.2) is 0 Å². The minimum Gasteiger partial charge on any atom is -0.465 e. The number of esters is 1. The number of hydrogen-bond acceptors (Lipinski definition) is 4. The fraction of sp³-hybridized carbons (Fsp3) is 0.929. The molecule has 0 spiro atoms. The summed E-state index contributed by atoms with van der Waals surface area (Å²) in [5, 5.41) is 3.32. The predicted molar refractivity (Wildman–Crippen MR) is 75.6 cm³/mol. The average molecular weight is 258 g/mol. The molecular weight excluding hydrogens is 228 g/mol. The Hall–Kier alpha value is -0.610. The van der Waals surface area contributed by atoms with Gasteiger partial charge in [-0.15, -0.1) is 0 Å². The highest BCUT2D eigenvalue weighted by Gasteiger charge is 2.26. The summed E-state index contributed by atoms with van der Waals surface area (Å²) in [6.07, 6.45) is 1.03. The van der Waals surface area contributed by atoms with Crippen molar-refractivity contribution in [3.63, 3.8) is 0 Å². The minimum absolute atomic E-state index is 0.121. The number of carbonyl (C=O) groups excluding carboxylic acids is 1. The van der Waals surface area contributed by atoms with Crippen LogP contribution < -0.4 is 5.32 Å². The first-order chi connectivity index (χ1) is 8.38. The third-order valence-electron chi connectivity index (χ3n) is 2.88. The molecule has 0 radical (unpaired) electrons. The molecule has 0 saturated carbocycles. The first-order valence-electron chi connectivity index (χ1n) is 6.93. The van der Waals surface area contributed by atoms with Crippen LogP contribution in [0.1, 0.15) is 34.1 Å². The van der Waals surface area contributed by atoms with Crippen LogP contribution in [0.25, 0.3) is 0 Å². The van der Waals surface area contributed by atoms with E-state index >= 15 is 0 Å². The Morgan fingerprint density at radius 3 is 2.33 bits per heavy atom. The first-order valence-corrected chi connectivity index (χ1v) is 6.93. The summed E-state index contributed by atoms with van der Waals surface area (Å²) in [6.45, 7) is 10.5. The summed E-state index contributed by atoms with van der Waals surface area (Å²) in [5.41, 5.74) is 0. The van der Waals surface area contributed by atoms with Crippen molar-refractivity contribution in [3.05, 3.63) is 0 Å². The van der Waals surface area contributed by atoms with E-state index in [2.05, 4.69) is 31.0 Å². The Balaban J connectivity index is 4.36. The summed E-state index contributed by atoms with van der Waals surface area (Å²) in [5.74, 6) is 0.767. The maximum atomic E-state index is 11.9. The molecule has 0 bridgehead atoms. The molecule has 108 valence electrons. The van der Waals surface area contributed by atoms with Crippen molar-refractivity contribution >= 4 is 5.97 Å². The summed E-state index contributed by atoms with van der Waals surface area (Å²) < 4.78 is 5.15.